The molecule has 1 aromatic heterocycles. The van der Waals surface area contributed by atoms with Crippen LogP contribution >= 0.6 is 0 Å². The van der Waals surface area contributed by atoms with Gasteiger partial charge < -0.3 is 5.73 Å². The summed E-state index contributed by atoms with van der Waals surface area (Å²) in [4.78, 5) is 4.62. The first-order valence-electron chi connectivity index (χ1n) is 6.41. The molecule has 0 bridgehead atoms. The van der Waals surface area contributed by atoms with E-state index in [2.05, 4.69) is 36.1 Å². The lowest BCUT2D eigenvalue weighted by Crippen LogP contribution is -2.27. The van der Waals surface area contributed by atoms with Crippen molar-refractivity contribution in [2.75, 3.05) is 0 Å². The van der Waals surface area contributed by atoms with Gasteiger partial charge in [-0.2, -0.15) is 5.10 Å². The normalized spacial score (nSPS) is 22.8. The molecule has 1 aromatic carbocycles. The maximum Gasteiger partial charge on any atom is 0.181 e. The van der Waals surface area contributed by atoms with Gasteiger partial charge in [0.15, 0.2) is 5.82 Å². The summed E-state index contributed by atoms with van der Waals surface area (Å²) in [6.07, 6.45) is 0.992. The molecule has 0 aliphatic carbocycles. The van der Waals surface area contributed by atoms with Gasteiger partial charge in [0.25, 0.3) is 0 Å². The summed E-state index contributed by atoms with van der Waals surface area (Å²) in [6.45, 7) is 5.21. The van der Waals surface area contributed by atoms with Crippen molar-refractivity contribution in [1.82, 2.24) is 14.8 Å². The first kappa shape index (κ1) is 11.4. The topological polar surface area (TPSA) is 56.7 Å². The molecule has 0 saturated carbocycles. The van der Waals surface area contributed by atoms with E-state index in [1.54, 1.807) is 0 Å². The Morgan fingerprint density at radius 1 is 1.33 bits per heavy atom. The highest BCUT2D eigenvalue weighted by Crippen LogP contribution is 2.28. The number of nitrogens with two attached hydrogens (primary N) is 1. The van der Waals surface area contributed by atoms with Crippen LogP contribution in [0.1, 0.15) is 30.8 Å². The molecular formula is C14H18N4. The van der Waals surface area contributed by atoms with Crippen LogP contribution in [0.5, 0.6) is 0 Å². The molecule has 4 nitrogen and oxygen atoms in total. The Morgan fingerprint density at radius 3 is 2.89 bits per heavy atom. The third-order valence-corrected chi connectivity index (χ3v) is 3.56. The van der Waals surface area contributed by atoms with Crippen molar-refractivity contribution in [3.63, 3.8) is 0 Å². The van der Waals surface area contributed by atoms with E-state index >= 15 is 0 Å². The first-order valence-corrected chi connectivity index (χ1v) is 6.41. The van der Waals surface area contributed by atoms with E-state index in [0.29, 0.717) is 5.92 Å². The number of fused-ring (bicyclic) bond motifs is 1. The molecule has 94 valence electrons. The fourth-order valence-corrected chi connectivity index (χ4v) is 2.61. The number of nitrogens with zero attached hydrogens (tertiary/aromatic N) is 3. The minimum absolute atomic E-state index is 0.0130. The van der Waals surface area contributed by atoms with Crippen molar-refractivity contribution >= 4 is 0 Å². The SMILES string of the molecule is Cc1ccccc1-c1nc2n(n1)CC(C)CC2N. The van der Waals surface area contributed by atoms with Crippen LogP contribution in [0.2, 0.25) is 0 Å². The van der Waals surface area contributed by atoms with Crippen LogP contribution in [0, 0.1) is 12.8 Å². The molecule has 3 rings (SSSR count). The van der Waals surface area contributed by atoms with Crippen LogP contribution in [-0.4, -0.2) is 14.8 Å². The van der Waals surface area contributed by atoms with Crippen LogP contribution < -0.4 is 5.73 Å². The number of hydrogen-bond donors (Lipinski definition) is 1. The maximum atomic E-state index is 6.14. The van der Waals surface area contributed by atoms with Crippen LogP contribution in [0.4, 0.5) is 0 Å². The third-order valence-electron chi connectivity index (χ3n) is 3.56. The van der Waals surface area contributed by atoms with Gasteiger partial charge in [0.2, 0.25) is 0 Å². The highest BCUT2D eigenvalue weighted by molar-refractivity contribution is 5.59. The molecule has 2 heterocycles. The quantitative estimate of drug-likeness (QED) is 0.834. The van der Waals surface area contributed by atoms with Crippen molar-refractivity contribution in [1.29, 1.82) is 0 Å². The Hall–Kier alpha value is -1.68. The summed E-state index contributed by atoms with van der Waals surface area (Å²) >= 11 is 0. The van der Waals surface area contributed by atoms with Crippen LogP contribution in [0.25, 0.3) is 11.4 Å². The Morgan fingerprint density at radius 2 is 2.11 bits per heavy atom. The molecule has 2 unspecified atom stereocenters. The molecule has 1 aliphatic heterocycles. The van der Waals surface area contributed by atoms with Crippen LogP contribution in [0.15, 0.2) is 24.3 Å². The van der Waals surface area contributed by atoms with Crippen molar-refractivity contribution in [3.8, 4) is 11.4 Å². The van der Waals surface area contributed by atoms with E-state index in [1.165, 1.54) is 5.56 Å². The second-order valence-corrected chi connectivity index (χ2v) is 5.24. The number of benzene rings is 1. The smallest absolute Gasteiger partial charge is 0.181 e. The second-order valence-electron chi connectivity index (χ2n) is 5.24. The van der Waals surface area contributed by atoms with Crippen molar-refractivity contribution < 1.29 is 0 Å². The lowest BCUT2D eigenvalue weighted by molar-refractivity contribution is 0.325. The van der Waals surface area contributed by atoms with Crippen molar-refractivity contribution in [2.24, 2.45) is 11.7 Å². The van der Waals surface area contributed by atoms with Crippen molar-refractivity contribution in [3.05, 3.63) is 35.7 Å². The van der Waals surface area contributed by atoms with Gasteiger partial charge in [-0.15, -0.1) is 0 Å². The molecule has 18 heavy (non-hydrogen) atoms. The van der Waals surface area contributed by atoms with E-state index in [4.69, 9.17) is 5.73 Å². The zero-order valence-corrected chi connectivity index (χ0v) is 10.8. The summed E-state index contributed by atoms with van der Waals surface area (Å²) in [6, 6.07) is 8.20. The molecule has 0 spiro atoms. The standard InChI is InChI=1S/C14H18N4/c1-9-7-12(15)14-16-13(17-18(14)8-9)11-6-4-3-5-10(11)2/h3-6,9,12H,7-8,15H2,1-2H3. The lowest BCUT2D eigenvalue weighted by atomic mass is 9.98. The summed E-state index contributed by atoms with van der Waals surface area (Å²) in [5, 5.41) is 4.61. The molecule has 2 atom stereocenters. The molecular weight excluding hydrogens is 224 g/mol. The molecule has 0 radical (unpaired) electrons. The molecule has 0 saturated heterocycles. The third kappa shape index (κ3) is 1.82. The van der Waals surface area contributed by atoms with E-state index in [1.807, 2.05) is 16.8 Å². The lowest BCUT2D eigenvalue weighted by Gasteiger charge is -2.23. The zero-order valence-electron chi connectivity index (χ0n) is 10.8. The molecule has 2 aromatic rings. The Bertz CT molecular complexity index is 573. The predicted octanol–water partition coefficient (Wildman–Crippen LogP) is 2.29. The summed E-state index contributed by atoms with van der Waals surface area (Å²) < 4.78 is 1.97. The van der Waals surface area contributed by atoms with Crippen LogP contribution in [-0.2, 0) is 6.54 Å². The number of rotatable bonds is 1. The Kier molecular flexibility index (Phi) is 2.67. The maximum absolute atomic E-state index is 6.14. The van der Waals surface area contributed by atoms with E-state index < -0.39 is 0 Å². The van der Waals surface area contributed by atoms with Crippen LogP contribution in [0.3, 0.4) is 0 Å². The van der Waals surface area contributed by atoms with Gasteiger partial charge >= 0.3 is 0 Å². The average Bonchev–Trinajstić information content (AvgIpc) is 2.73. The van der Waals surface area contributed by atoms with E-state index in [9.17, 15) is 0 Å². The average molecular weight is 242 g/mol. The monoisotopic (exact) mass is 242 g/mol. The number of aromatic nitrogens is 3. The zero-order chi connectivity index (χ0) is 12.7. The molecule has 1 aliphatic rings. The van der Waals surface area contributed by atoms with Gasteiger partial charge in [-0.3, -0.25) is 0 Å². The fourth-order valence-electron chi connectivity index (χ4n) is 2.61. The Balaban J connectivity index is 2.06. The molecule has 4 heteroatoms. The Labute approximate surface area is 107 Å². The minimum Gasteiger partial charge on any atom is -0.321 e. The first-order chi connectivity index (χ1) is 8.65. The molecule has 2 N–H and O–H groups in total. The second kappa shape index (κ2) is 4.21. The summed E-state index contributed by atoms with van der Waals surface area (Å²) in [5.41, 5.74) is 8.44. The van der Waals surface area contributed by atoms with Gasteiger partial charge in [0.05, 0.1) is 6.04 Å². The molecule has 0 fully saturated rings. The van der Waals surface area contributed by atoms with Crippen molar-refractivity contribution in [2.45, 2.75) is 32.9 Å². The van der Waals surface area contributed by atoms with Gasteiger partial charge in [-0.1, -0.05) is 31.2 Å². The fraction of sp³-hybridized carbons (Fsp3) is 0.429. The number of aryl methyl sites for hydroxylation is 1. The highest BCUT2D eigenvalue weighted by Gasteiger charge is 2.25. The number of hydrogen-bond acceptors (Lipinski definition) is 3. The van der Waals surface area contributed by atoms with Gasteiger partial charge in [-0.05, 0) is 24.8 Å². The largest absolute Gasteiger partial charge is 0.321 e. The van der Waals surface area contributed by atoms with Gasteiger partial charge in [0.1, 0.15) is 5.82 Å². The minimum atomic E-state index is 0.0130. The van der Waals surface area contributed by atoms with Gasteiger partial charge in [0, 0.05) is 12.1 Å². The summed E-state index contributed by atoms with van der Waals surface area (Å²) in [5.74, 6) is 2.29. The predicted molar refractivity (Wildman–Crippen MR) is 70.9 cm³/mol. The van der Waals surface area contributed by atoms with E-state index in [-0.39, 0.29) is 6.04 Å². The van der Waals surface area contributed by atoms with E-state index in [0.717, 1.165) is 30.2 Å². The molecule has 0 amide bonds. The summed E-state index contributed by atoms with van der Waals surface area (Å²) in [7, 11) is 0. The van der Waals surface area contributed by atoms with Gasteiger partial charge in [-0.25, -0.2) is 9.67 Å². The highest BCUT2D eigenvalue weighted by atomic mass is 15.4.